The van der Waals surface area contributed by atoms with Gasteiger partial charge in [0.15, 0.2) is 0 Å². The van der Waals surface area contributed by atoms with Crippen LogP contribution in [0.1, 0.15) is 12.5 Å². The van der Waals surface area contributed by atoms with Crippen LogP contribution in [-0.4, -0.2) is 21.6 Å². The SMILES string of the molecule is CC(=O)NCCc1cn(Cl)c2ccc(O)cc12. The van der Waals surface area contributed by atoms with Crippen molar-refractivity contribution in [1.29, 1.82) is 0 Å². The fraction of sp³-hybridized carbons (Fsp3) is 0.250. The van der Waals surface area contributed by atoms with Crippen LogP contribution in [0.4, 0.5) is 0 Å². The van der Waals surface area contributed by atoms with Crippen LogP contribution in [0, 0.1) is 0 Å². The van der Waals surface area contributed by atoms with Gasteiger partial charge in [0.1, 0.15) is 5.75 Å². The number of carbonyl (C=O) groups is 1. The van der Waals surface area contributed by atoms with Crippen LogP contribution in [0.3, 0.4) is 0 Å². The summed E-state index contributed by atoms with van der Waals surface area (Å²) in [6.45, 7) is 2.04. The van der Waals surface area contributed by atoms with E-state index in [2.05, 4.69) is 5.32 Å². The molecule has 0 saturated carbocycles. The van der Waals surface area contributed by atoms with Gasteiger partial charge in [-0.1, -0.05) is 0 Å². The molecule has 90 valence electrons. The minimum Gasteiger partial charge on any atom is -0.508 e. The van der Waals surface area contributed by atoms with Gasteiger partial charge in [0, 0.05) is 36.8 Å². The summed E-state index contributed by atoms with van der Waals surface area (Å²) in [6.07, 6.45) is 2.48. The molecular weight excluding hydrogens is 240 g/mol. The number of nitrogens with one attached hydrogen (secondary N) is 1. The number of phenolic OH excluding ortho intramolecular Hbond substituents is 1. The third kappa shape index (κ3) is 2.53. The Bertz CT molecular complexity index is 563. The lowest BCUT2D eigenvalue weighted by molar-refractivity contribution is -0.118. The van der Waals surface area contributed by atoms with Crippen molar-refractivity contribution in [2.75, 3.05) is 6.54 Å². The molecule has 2 rings (SSSR count). The Morgan fingerprint density at radius 2 is 2.29 bits per heavy atom. The highest BCUT2D eigenvalue weighted by atomic mass is 35.5. The van der Waals surface area contributed by atoms with Crippen LogP contribution < -0.4 is 5.32 Å². The molecule has 0 spiro atoms. The highest BCUT2D eigenvalue weighted by molar-refractivity contribution is 6.19. The van der Waals surface area contributed by atoms with Crippen LogP contribution in [0.15, 0.2) is 24.4 Å². The molecule has 1 aromatic heterocycles. The second-order valence-electron chi connectivity index (χ2n) is 3.90. The van der Waals surface area contributed by atoms with Gasteiger partial charge in [0.05, 0.1) is 5.52 Å². The van der Waals surface area contributed by atoms with Gasteiger partial charge in [0.2, 0.25) is 5.91 Å². The Morgan fingerprint density at radius 3 is 3.00 bits per heavy atom. The van der Waals surface area contributed by atoms with Crippen molar-refractivity contribution in [3.8, 4) is 5.75 Å². The summed E-state index contributed by atoms with van der Waals surface area (Å²) < 4.78 is 1.50. The van der Waals surface area contributed by atoms with Crippen LogP contribution >= 0.6 is 11.8 Å². The Hall–Kier alpha value is -1.68. The summed E-state index contributed by atoms with van der Waals surface area (Å²) in [5.74, 6) is 0.156. The number of benzene rings is 1. The topological polar surface area (TPSA) is 54.3 Å². The molecule has 1 amide bonds. The van der Waals surface area contributed by atoms with E-state index >= 15 is 0 Å². The van der Waals surface area contributed by atoms with E-state index in [4.69, 9.17) is 11.8 Å². The molecule has 0 aliphatic carbocycles. The Kier molecular flexibility index (Phi) is 3.24. The van der Waals surface area contributed by atoms with E-state index in [0.717, 1.165) is 16.5 Å². The molecule has 4 nitrogen and oxygen atoms in total. The summed E-state index contributed by atoms with van der Waals surface area (Å²) in [7, 11) is 0. The zero-order chi connectivity index (χ0) is 12.4. The molecule has 0 radical (unpaired) electrons. The third-order valence-corrected chi connectivity index (χ3v) is 2.87. The molecule has 0 aliphatic rings. The van der Waals surface area contributed by atoms with Crippen molar-refractivity contribution in [3.05, 3.63) is 30.0 Å². The number of amides is 1. The summed E-state index contributed by atoms with van der Waals surface area (Å²) in [5, 5.41) is 13.1. The predicted molar refractivity (Wildman–Crippen MR) is 67.2 cm³/mol. The number of hydrogen-bond acceptors (Lipinski definition) is 2. The smallest absolute Gasteiger partial charge is 0.216 e. The van der Waals surface area contributed by atoms with E-state index in [-0.39, 0.29) is 11.7 Å². The van der Waals surface area contributed by atoms with Crippen molar-refractivity contribution in [3.63, 3.8) is 0 Å². The Morgan fingerprint density at radius 1 is 1.53 bits per heavy atom. The maximum atomic E-state index is 10.8. The molecule has 2 N–H and O–H groups in total. The van der Waals surface area contributed by atoms with Crippen molar-refractivity contribution in [1.82, 2.24) is 9.40 Å². The number of rotatable bonds is 3. The van der Waals surface area contributed by atoms with Gasteiger partial charge < -0.3 is 10.4 Å². The number of nitrogens with zero attached hydrogens (tertiary/aromatic N) is 1. The maximum Gasteiger partial charge on any atom is 0.216 e. The normalized spacial score (nSPS) is 10.7. The minimum absolute atomic E-state index is 0.0533. The number of phenols is 1. The molecule has 1 heterocycles. The van der Waals surface area contributed by atoms with Crippen molar-refractivity contribution < 1.29 is 9.90 Å². The van der Waals surface area contributed by atoms with Crippen LogP contribution in [0.5, 0.6) is 5.75 Å². The number of carbonyl (C=O) groups excluding carboxylic acids is 1. The molecule has 17 heavy (non-hydrogen) atoms. The van der Waals surface area contributed by atoms with Crippen molar-refractivity contribution >= 4 is 28.6 Å². The highest BCUT2D eigenvalue weighted by Gasteiger charge is 2.08. The zero-order valence-electron chi connectivity index (χ0n) is 9.40. The van der Waals surface area contributed by atoms with E-state index in [1.807, 2.05) is 0 Å². The first-order valence-corrected chi connectivity index (χ1v) is 5.65. The summed E-state index contributed by atoms with van der Waals surface area (Å²) in [6, 6.07) is 5.04. The largest absolute Gasteiger partial charge is 0.508 e. The van der Waals surface area contributed by atoms with Crippen LogP contribution in [-0.2, 0) is 11.2 Å². The van der Waals surface area contributed by atoms with E-state index in [0.29, 0.717) is 13.0 Å². The van der Waals surface area contributed by atoms with Crippen molar-refractivity contribution in [2.24, 2.45) is 0 Å². The van der Waals surface area contributed by atoms with Gasteiger partial charge in [-0.3, -0.25) is 8.88 Å². The number of aromatic nitrogens is 1. The molecule has 1 aromatic carbocycles. The number of aromatic hydroxyl groups is 1. The molecule has 0 aliphatic heterocycles. The summed E-state index contributed by atoms with van der Waals surface area (Å²) in [5.41, 5.74) is 1.85. The lowest BCUT2D eigenvalue weighted by Gasteiger charge is -2.01. The van der Waals surface area contributed by atoms with E-state index in [9.17, 15) is 9.90 Å². The van der Waals surface area contributed by atoms with Gasteiger partial charge in [-0.2, -0.15) is 0 Å². The molecule has 2 aromatic rings. The second kappa shape index (κ2) is 4.67. The lowest BCUT2D eigenvalue weighted by atomic mass is 10.1. The lowest BCUT2D eigenvalue weighted by Crippen LogP contribution is -2.22. The molecule has 0 unspecified atom stereocenters. The second-order valence-corrected chi connectivity index (χ2v) is 4.26. The Labute approximate surface area is 104 Å². The average molecular weight is 253 g/mol. The van der Waals surface area contributed by atoms with Gasteiger partial charge in [-0.15, -0.1) is 0 Å². The highest BCUT2D eigenvalue weighted by Crippen LogP contribution is 2.26. The quantitative estimate of drug-likeness (QED) is 0.878. The Balaban J connectivity index is 2.27. The maximum absolute atomic E-state index is 10.8. The standard InChI is InChI=1S/C12H13ClN2O2/c1-8(16)14-5-4-9-7-15(13)12-3-2-10(17)6-11(9)12/h2-3,6-7,17H,4-5H2,1H3,(H,14,16). The monoisotopic (exact) mass is 252 g/mol. The van der Waals surface area contributed by atoms with Crippen LogP contribution in [0.25, 0.3) is 10.9 Å². The molecule has 0 atom stereocenters. The van der Waals surface area contributed by atoms with E-state index < -0.39 is 0 Å². The van der Waals surface area contributed by atoms with E-state index in [1.54, 1.807) is 24.4 Å². The fourth-order valence-electron chi connectivity index (χ4n) is 1.82. The first kappa shape index (κ1) is 11.8. The number of halogens is 1. The van der Waals surface area contributed by atoms with Gasteiger partial charge in [0.25, 0.3) is 0 Å². The number of fused-ring (bicyclic) bond motifs is 1. The molecule has 0 bridgehead atoms. The summed E-state index contributed by atoms with van der Waals surface area (Å²) in [4.78, 5) is 10.8. The van der Waals surface area contributed by atoms with Gasteiger partial charge in [-0.05, 0) is 30.2 Å². The average Bonchev–Trinajstić information content (AvgIpc) is 2.55. The zero-order valence-corrected chi connectivity index (χ0v) is 10.2. The fourth-order valence-corrected chi connectivity index (χ4v) is 2.08. The third-order valence-electron chi connectivity index (χ3n) is 2.59. The molecule has 0 fully saturated rings. The van der Waals surface area contributed by atoms with Gasteiger partial charge >= 0.3 is 0 Å². The number of hydrogen-bond donors (Lipinski definition) is 2. The summed E-state index contributed by atoms with van der Waals surface area (Å²) >= 11 is 6.02. The molecular formula is C12H13ClN2O2. The first-order chi connectivity index (χ1) is 8.08. The molecule has 5 heteroatoms. The van der Waals surface area contributed by atoms with E-state index in [1.165, 1.54) is 11.0 Å². The van der Waals surface area contributed by atoms with Crippen molar-refractivity contribution in [2.45, 2.75) is 13.3 Å². The van der Waals surface area contributed by atoms with Gasteiger partial charge in [-0.25, -0.2) is 0 Å². The first-order valence-electron chi connectivity index (χ1n) is 5.31. The predicted octanol–water partition coefficient (Wildman–Crippen LogP) is 2.03. The molecule has 0 saturated heterocycles. The van der Waals surface area contributed by atoms with Crippen LogP contribution in [0.2, 0.25) is 0 Å². The minimum atomic E-state index is -0.0533.